The highest BCUT2D eigenvalue weighted by molar-refractivity contribution is 7.10. The van der Waals surface area contributed by atoms with Crippen molar-refractivity contribution in [2.75, 3.05) is 5.32 Å². The first-order valence-corrected chi connectivity index (χ1v) is 10.4. The van der Waals surface area contributed by atoms with Crippen molar-refractivity contribution in [2.24, 2.45) is 5.92 Å². The molecule has 3 N–H and O–H groups in total. The van der Waals surface area contributed by atoms with E-state index in [1.165, 1.54) is 11.3 Å². The molecule has 0 aliphatic carbocycles. The first-order chi connectivity index (χ1) is 14.0. The Kier molecular flexibility index (Phi) is 5.50. The van der Waals surface area contributed by atoms with Crippen LogP contribution < -0.4 is 16.0 Å². The van der Waals surface area contributed by atoms with Gasteiger partial charge in [-0.05, 0) is 29.5 Å². The molecule has 0 aromatic carbocycles. The lowest BCUT2D eigenvalue weighted by Crippen LogP contribution is -2.55. The minimum atomic E-state index is -0.565. The first-order valence-electron chi connectivity index (χ1n) is 9.50. The average molecular weight is 414 g/mol. The highest BCUT2D eigenvalue weighted by atomic mass is 32.1. The van der Waals surface area contributed by atoms with E-state index in [1.807, 2.05) is 17.5 Å². The predicted molar refractivity (Wildman–Crippen MR) is 110 cm³/mol. The molecule has 1 fully saturated rings. The van der Waals surface area contributed by atoms with Gasteiger partial charge in [0.15, 0.2) is 12.0 Å². The van der Waals surface area contributed by atoms with E-state index in [1.54, 1.807) is 29.1 Å². The number of carbonyl (C=O) groups is 2. The third-order valence-corrected chi connectivity index (χ3v) is 5.69. The fraction of sp³-hybridized carbons (Fsp3) is 0.350. The van der Waals surface area contributed by atoms with Crippen LogP contribution in [0, 0.1) is 5.92 Å². The van der Waals surface area contributed by atoms with Crippen LogP contribution in [0.5, 0.6) is 0 Å². The summed E-state index contributed by atoms with van der Waals surface area (Å²) in [4.78, 5) is 25.8. The highest BCUT2D eigenvalue weighted by Gasteiger charge is 2.31. The maximum Gasteiger partial charge on any atom is 0.230 e. The quantitative estimate of drug-likeness (QED) is 0.577. The second-order valence-corrected chi connectivity index (χ2v) is 8.36. The van der Waals surface area contributed by atoms with E-state index in [2.05, 4.69) is 34.9 Å². The number of furan rings is 1. The molecule has 0 radical (unpaired) electrons. The van der Waals surface area contributed by atoms with E-state index in [-0.39, 0.29) is 30.2 Å². The topological polar surface area (TPSA) is 101 Å². The molecule has 0 spiro atoms. The Balaban J connectivity index is 1.62. The average Bonchev–Trinajstić information content (AvgIpc) is 3.42. The second-order valence-electron chi connectivity index (χ2n) is 7.33. The maximum absolute atomic E-state index is 12.6. The molecule has 2 atom stereocenters. The van der Waals surface area contributed by atoms with Gasteiger partial charge in [-0.3, -0.25) is 14.9 Å². The van der Waals surface area contributed by atoms with Crippen LogP contribution in [0.1, 0.15) is 31.4 Å². The summed E-state index contributed by atoms with van der Waals surface area (Å²) in [6.45, 7) is 4.13. The first kappa shape index (κ1) is 19.4. The molecule has 1 aliphatic rings. The summed E-state index contributed by atoms with van der Waals surface area (Å²) in [5.41, 5.74) is 0.573. The summed E-state index contributed by atoms with van der Waals surface area (Å²) in [5, 5.41) is 15.8. The number of hydrogen-bond donors (Lipinski definition) is 3. The summed E-state index contributed by atoms with van der Waals surface area (Å²) in [7, 11) is 0. The van der Waals surface area contributed by atoms with Crippen molar-refractivity contribution in [3.63, 3.8) is 0 Å². The molecule has 4 rings (SSSR count). The Morgan fingerprint density at radius 3 is 2.97 bits per heavy atom. The smallest absolute Gasteiger partial charge is 0.230 e. The lowest BCUT2D eigenvalue weighted by Gasteiger charge is -2.34. The standard InChI is InChI=1S/C20H23N5O3S/c1-12(2)14-11-19(27)23-20(21-14)25-17(10-15(24-25)16-6-3-7-28-16)22-18(26)9-13-5-4-8-29-13/h3-8,10,12,14,20-21H,9,11H2,1-2H3,(H,22,26)(H,23,27). The molecule has 4 heterocycles. The van der Waals surface area contributed by atoms with Gasteiger partial charge >= 0.3 is 0 Å². The summed E-state index contributed by atoms with van der Waals surface area (Å²) < 4.78 is 7.05. The molecule has 2 amide bonds. The number of thiophene rings is 1. The van der Waals surface area contributed by atoms with Gasteiger partial charge in [0.1, 0.15) is 11.5 Å². The molecular weight excluding hydrogens is 390 g/mol. The van der Waals surface area contributed by atoms with E-state index in [0.29, 0.717) is 23.7 Å². The fourth-order valence-corrected chi connectivity index (χ4v) is 3.97. The normalized spacial score (nSPS) is 19.3. The number of nitrogens with zero attached hydrogens (tertiary/aromatic N) is 2. The molecule has 8 nitrogen and oxygen atoms in total. The molecule has 2 unspecified atom stereocenters. The zero-order valence-electron chi connectivity index (χ0n) is 16.2. The van der Waals surface area contributed by atoms with Crippen molar-refractivity contribution < 1.29 is 14.0 Å². The van der Waals surface area contributed by atoms with Gasteiger partial charge in [0, 0.05) is 23.4 Å². The van der Waals surface area contributed by atoms with Crippen LogP contribution in [0.2, 0.25) is 0 Å². The lowest BCUT2D eigenvalue weighted by molar-refractivity contribution is -0.126. The Hall–Kier alpha value is -2.91. The molecule has 0 bridgehead atoms. The number of nitrogens with one attached hydrogen (secondary N) is 3. The molecule has 29 heavy (non-hydrogen) atoms. The van der Waals surface area contributed by atoms with Crippen molar-refractivity contribution in [3.05, 3.63) is 46.9 Å². The van der Waals surface area contributed by atoms with Crippen LogP contribution in [-0.4, -0.2) is 27.6 Å². The van der Waals surface area contributed by atoms with Gasteiger partial charge in [0.2, 0.25) is 11.8 Å². The molecule has 3 aromatic heterocycles. The van der Waals surface area contributed by atoms with Crippen LogP contribution in [0.15, 0.2) is 46.4 Å². The van der Waals surface area contributed by atoms with Gasteiger partial charge in [-0.1, -0.05) is 19.9 Å². The Morgan fingerprint density at radius 2 is 2.28 bits per heavy atom. The van der Waals surface area contributed by atoms with Crippen LogP contribution in [0.3, 0.4) is 0 Å². The number of aromatic nitrogens is 2. The third kappa shape index (κ3) is 4.41. The number of carbonyl (C=O) groups excluding carboxylic acids is 2. The van der Waals surface area contributed by atoms with E-state index in [9.17, 15) is 9.59 Å². The minimum Gasteiger partial charge on any atom is -0.463 e. The van der Waals surface area contributed by atoms with Crippen LogP contribution >= 0.6 is 11.3 Å². The molecule has 1 aliphatic heterocycles. The summed E-state index contributed by atoms with van der Waals surface area (Å²) in [6, 6.07) is 9.18. The maximum atomic E-state index is 12.6. The van der Waals surface area contributed by atoms with E-state index >= 15 is 0 Å². The number of anilines is 1. The van der Waals surface area contributed by atoms with Crippen molar-refractivity contribution in [3.8, 4) is 11.5 Å². The molecule has 1 saturated heterocycles. The van der Waals surface area contributed by atoms with Gasteiger partial charge in [-0.25, -0.2) is 4.68 Å². The summed E-state index contributed by atoms with van der Waals surface area (Å²) in [6.07, 6.45) is 1.68. The van der Waals surface area contributed by atoms with Crippen molar-refractivity contribution >= 4 is 29.0 Å². The molecule has 0 saturated carbocycles. The third-order valence-electron chi connectivity index (χ3n) is 4.82. The summed E-state index contributed by atoms with van der Waals surface area (Å²) >= 11 is 1.53. The number of hydrogen-bond acceptors (Lipinski definition) is 6. The largest absolute Gasteiger partial charge is 0.463 e. The van der Waals surface area contributed by atoms with E-state index in [4.69, 9.17) is 4.42 Å². The van der Waals surface area contributed by atoms with Crippen LogP contribution in [-0.2, 0) is 16.0 Å². The van der Waals surface area contributed by atoms with Gasteiger partial charge < -0.3 is 15.1 Å². The minimum absolute atomic E-state index is 0.0136. The molecule has 9 heteroatoms. The summed E-state index contributed by atoms with van der Waals surface area (Å²) in [5.74, 6) is 1.14. The van der Waals surface area contributed by atoms with Gasteiger partial charge in [-0.15, -0.1) is 11.3 Å². The highest BCUT2D eigenvalue weighted by Crippen LogP contribution is 2.26. The van der Waals surface area contributed by atoms with Gasteiger partial charge in [0.25, 0.3) is 0 Å². The molecule has 3 aromatic rings. The molecular formula is C20H23N5O3S. The Labute approximate surface area is 172 Å². The van der Waals surface area contributed by atoms with E-state index in [0.717, 1.165) is 4.88 Å². The second kappa shape index (κ2) is 8.22. The SMILES string of the molecule is CC(C)C1CC(=O)NC(n2nc(-c3ccco3)cc2NC(=O)Cc2cccs2)N1. The number of rotatable bonds is 6. The fourth-order valence-electron chi connectivity index (χ4n) is 3.26. The van der Waals surface area contributed by atoms with Gasteiger partial charge in [0.05, 0.1) is 12.7 Å². The van der Waals surface area contributed by atoms with Gasteiger partial charge in [-0.2, -0.15) is 5.10 Å². The van der Waals surface area contributed by atoms with Crippen LogP contribution in [0.25, 0.3) is 11.5 Å². The zero-order valence-corrected chi connectivity index (χ0v) is 17.0. The monoisotopic (exact) mass is 413 g/mol. The Morgan fingerprint density at radius 1 is 1.41 bits per heavy atom. The zero-order chi connectivity index (χ0) is 20.4. The van der Waals surface area contributed by atoms with Crippen LogP contribution in [0.4, 0.5) is 5.82 Å². The Bertz CT molecular complexity index is 978. The van der Waals surface area contributed by atoms with Crippen molar-refractivity contribution in [1.82, 2.24) is 20.4 Å². The number of amides is 2. The predicted octanol–water partition coefficient (Wildman–Crippen LogP) is 2.98. The van der Waals surface area contributed by atoms with E-state index < -0.39 is 6.29 Å². The molecule has 152 valence electrons. The van der Waals surface area contributed by atoms with Crippen molar-refractivity contribution in [1.29, 1.82) is 0 Å². The van der Waals surface area contributed by atoms with Crippen molar-refractivity contribution in [2.45, 2.75) is 39.0 Å². The lowest BCUT2D eigenvalue weighted by atomic mass is 9.99.